The van der Waals surface area contributed by atoms with Crippen LogP contribution in [0.15, 0.2) is 36.4 Å². The Labute approximate surface area is 152 Å². The van der Waals surface area contributed by atoms with Crippen LogP contribution in [0, 0.1) is 24.0 Å². The van der Waals surface area contributed by atoms with Crippen molar-refractivity contribution < 1.29 is 14.5 Å². The number of anilines is 1. The van der Waals surface area contributed by atoms with Crippen molar-refractivity contribution in [3.05, 3.63) is 63.2 Å². The van der Waals surface area contributed by atoms with Gasteiger partial charge in [0.25, 0.3) is 5.69 Å². The van der Waals surface area contributed by atoms with E-state index in [1.54, 1.807) is 20.1 Å². The molecule has 0 fully saturated rings. The summed E-state index contributed by atoms with van der Waals surface area (Å²) in [6.07, 6.45) is 0. The van der Waals surface area contributed by atoms with E-state index in [0.29, 0.717) is 12.1 Å². The quantitative estimate of drug-likeness (QED) is 0.607. The van der Waals surface area contributed by atoms with Crippen molar-refractivity contribution in [2.45, 2.75) is 20.4 Å². The molecule has 7 nitrogen and oxygen atoms in total. The highest BCUT2D eigenvalue weighted by atomic mass is 16.6. The number of methoxy groups -OCH3 is 1. The Bertz CT molecular complexity index is 820. The second-order valence-corrected chi connectivity index (χ2v) is 6.23. The van der Waals surface area contributed by atoms with Gasteiger partial charge in [-0.25, -0.2) is 0 Å². The predicted molar refractivity (Wildman–Crippen MR) is 101 cm³/mol. The van der Waals surface area contributed by atoms with Gasteiger partial charge in [0.05, 0.1) is 18.6 Å². The van der Waals surface area contributed by atoms with Gasteiger partial charge < -0.3 is 10.1 Å². The molecule has 2 rings (SSSR count). The Morgan fingerprint density at radius 1 is 1.27 bits per heavy atom. The number of nitrogens with zero attached hydrogens (tertiary/aromatic N) is 2. The zero-order chi connectivity index (χ0) is 19.3. The van der Waals surface area contributed by atoms with Gasteiger partial charge in [0.15, 0.2) is 0 Å². The van der Waals surface area contributed by atoms with Crippen molar-refractivity contribution in [3.8, 4) is 5.75 Å². The number of rotatable bonds is 7. The number of ether oxygens (including phenoxy) is 1. The Morgan fingerprint density at radius 3 is 2.65 bits per heavy atom. The minimum atomic E-state index is -0.484. The van der Waals surface area contributed by atoms with Crippen molar-refractivity contribution in [2.24, 2.45) is 0 Å². The molecule has 0 saturated heterocycles. The maximum absolute atomic E-state index is 12.4. The summed E-state index contributed by atoms with van der Waals surface area (Å²) in [5.41, 5.74) is 2.75. The average molecular weight is 357 g/mol. The normalized spacial score (nSPS) is 10.7. The predicted octanol–water partition coefficient (Wildman–Crippen LogP) is 3.29. The molecule has 0 atom stereocenters. The first-order chi connectivity index (χ1) is 12.3. The van der Waals surface area contributed by atoms with Gasteiger partial charge in [-0.15, -0.1) is 0 Å². The van der Waals surface area contributed by atoms with Gasteiger partial charge in [-0.05, 0) is 49.7 Å². The number of hydrogen-bond donors (Lipinski definition) is 1. The van der Waals surface area contributed by atoms with Gasteiger partial charge in [0.1, 0.15) is 11.4 Å². The van der Waals surface area contributed by atoms with Gasteiger partial charge in [0, 0.05) is 12.6 Å². The Morgan fingerprint density at radius 2 is 2.00 bits per heavy atom. The first-order valence-electron chi connectivity index (χ1n) is 8.17. The van der Waals surface area contributed by atoms with Crippen molar-refractivity contribution in [1.29, 1.82) is 0 Å². The highest BCUT2D eigenvalue weighted by Gasteiger charge is 2.20. The molecule has 0 unspecified atom stereocenters. The molecular formula is C19H23N3O4. The second kappa shape index (κ2) is 8.44. The number of likely N-dealkylation sites (N-methyl/N-ethyl adjacent to an activating group) is 1. The molecule has 26 heavy (non-hydrogen) atoms. The van der Waals surface area contributed by atoms with Crippen LogP contribution in [0.2, 0.25) is 0 Å². The number of benzene rings is 2. The molecule has 0 aromatic heterocycles. The highest BCUT2D eigenvalue weighted by molar-refractivity contribution is 5.95. The van der Waals surface area contributed by atoms with E-state index in [4.69, 9.17) is 4.74 Å². The van der Waals surface area contributed by atoms with Crippen LogP contribution in [0.3, 0.4) is 0 Å². The first-order valence-corrected chi connectivity index (χ1v) is 8.17. The van der Waals surface area contributed by atoms with Crippen molar-refractivity contribution >= 4 is 17.3 Å². The van der Waals surface area contributed by atoms with E-state index >= 15 is 0 Å². The minimum Gasteiger partial charge on any atom is -0.497 e. The van der Waals surface area contributed by atoms with E-state index in [9.17, 15) is 14.9 Å². The minimum absolute atomic E-state index is 0.100. The Balaban J connectivity index is 2.06. The van der Waals surface area contributed by atoms with Crippen LogP contribution in [0.4, 0.5) is 11.4 Å². The number of aryl methyl sites for hydroxylation is 1. The molecular weight excluding hydrogens is 334 g/mol. The molecule has 7 heteroatoms. The summed E-state index contributed by atoms with van der Waals surface area (Å²) in [4.78, 5) is 24.9. The molecule has 1 amide bonds. The Hall–Kier alpha value is -2.93. The van der Waals surface area contributed by atoms with Crippen molar-refractivity contribution in [3.63, 3.8) is 0 Å². The molecule has 1 N–H and O–H groups in total. The van der Waals surface area contributed by atoms with Crippen LogP contribution in [-0.4, -0.2) is 36.4 Å². The molecule has 0 radical (unpaired) electrons. The van der Waals surface area contributed by atoms with Crippen LogP contribution < -0.4 is 10.1 Å². The third-order valence-electron chi connectivity index (χ3n) is 4.18. The van der Waals surface area contributed by atoms with E-state index in [-0.39, 0.29) is 23.8 Å². The molecule has 0 aliphatic heterocycles. The summed E-state index contributed by atoms with van der Waals surface area (Å²) >= 11 is 0. The summed E-state index contributed by atoms with van der Waals surface area (Å²) in [7, 11) is 3.42. The van der Waals surface area contributed by atoms with E-state index in [1.807, 2.05) is 43.1 Å². The van der Waals surface area contributed by atoms with Crippen LogP contribution in [0.5, 0.6) is 5.75 Å². The number of carbonyl (C=O) groups is 1. The third kappa shape index (κ3) is 4.80. The molecule has 0 bridgehead atoms. The van der Waals surface area contributed by atoms with Gasteiger partial charge in [0.2, 0.25) is 5.91 Å². The highest BCUT2D eigenvalue weighted by Crippen LogP contribution is 2.30. The first kappa shape index (κ1) is 19.4. The largest absolute Gasteiger partial charge is 0.497 e. The summed E-state index contributed by atoms with van der Waals surface area (Å²) < 4.78 is 5.19. The summed E-state index contributed by atoms with van der Waals surface area (Å²) in [6, 6.07) is 10.7. The molecule has 0 heterocycles. The monoisotopic (exact) mass is 357 g/mol. The van der Waals surface area contributed by atoms with E-state index in [2.05, 4.69) is 5.32 Å². The van der Waals surface area contributed by atoms with Gasteiger partial charge >= 0.3 is 0 Å². The Kier molecular flexibility index (Phi) is 6.30. The molecule has 2 aromatic rings. The number of amides is 1. The van der Waals surface area contributed by atoms with Crippen LogP contribution in [-0.2, 0) is 11.3 Å². The SMILES string of the molecule is COc1cccc(CN(C)CC(=O)Nc2c([N+](=O)[O-])ccc(C)c2C)c1. The van der Waals surface area contributed by atoms with Gasteiger partial charge in [-0.3, -0.25) is 19.8 Å². The van der Waals surface area contributed by atoms with E-state index < -0.39 is 4.92 Å². The number of nitrogens with one attached hydrogen (secondary N) is 1. The summed E-state index contributed by atoms with van der Waals surface area (Å²) in [5, 5.41) is 13.9. The van der Waals surface area contributed by atoms with Crippen molar-refractivity contribution in [1.82, 2.24) is 4.90 Å². The summed E-state index contributed by atoms with van der Waals surface area (Å²) in [6.45, 7) is 4.28. The zero-order valence-electron chi connectivity index (χ0n) is 15.4. The third-order valence-corrected chi connectivity index (χ3v) is 4.18. The molecule has 0 aliphatic rings. The van der Waals surface area contributed by atoms with Crippen LogP contribution >= 0.6 is 0 Å². The lowest BCUT2D eigenvalue weighted by molar-refractivity contribution is -0.384. The fourth-order valence-corrected chi connectivity index (χ4v) is 2.67. The number of nitro benzene ring substituents is 1. The van der Waals surface area contributed by atoms with E-state index in [0.717, 1.165) is 16.9 Å². The van der Waals surface area contributed by atoms with Gasteiger partial charge in [-0.2, -0.15) is 0 Å². The standard InChI is InChI=1S/C19H23N3O4/c1-13-8-9-17(22(24)25)19(14(13)2)20-18(23)12-21(3)11-15-6-5-7-16(10-15)26-4/h5-10H,11-12H2,1-4H3,(H,20,23). The fourth-order valence-electron chi connectivity index (χ4n) is 2.67. The van der Waals surface area contributed by atoms with Crippen molar-refractivity contribution in [2.75, 3.05) is 26.0 Å². The van der Waals surface area contributed by atoms with E-state index in [1.165, 1.54) is 6.07 Å². The topological polar surface area (TPSA) is 84.7 Å². The lowest BCUT2D eigenvalue weighted by atomic mass is 10.1. The van der Waals surface area contributed by atoms with Crippen LogP contribution in [0.25, 0.3) is 0 Å². The zero-order valence-corrected chi connectivity index (χ0v) is 15.4. The number of hydrogen-bond acceptors (Lipinski definition) is 5. The lowest BCUT2D eigenvalue weighted by Crippen LogP contribution is -2.30. The second-order valence-electron chi connectivity index (χ2n) is 6.23. The molecule has 0 spiro atoms. The molecule has 2 aromatic carbocycles. The maximum atomic E-state index is 12.4. The molecule has 138 valence electrons. The smallest absolute Gasteiger partial charge is 0.293 e. The fraction of sp³-hybridized carbons (Fsp3) is 0.316. The maximum Gasteiger partial charge on any atom is 0.293 e. The van der Waals surface area contributed by atoms with Crippen LogP contribution in [0.1, 0.15) is 16.7 Å². The lowest BCUT2D eigenvalue weighted by Gasteiger charge is -2.17. The average Bonchev–Trinajstić information content (AvgIpc) is 2.58. The number of nitro groups is 1. The molecule has 0 saturated carbocycles. The summed E-state index contributed by atoms with van der Waals surface area (Å²) in [5.74, 6) is 0.457. The number of carbonyl (C=O) groups excluding carboxylic acids is 1. The molecule has 0 aliphatic carbocycles. The van der Waals surface area contributed by atoms with Gasteiger partial charge in [-0.1, -0.05) is 18.2 Å².